The Morgan fingerprint density at radius 3 is 2.41 bits per heavy atom. The highest BCUT2D eigenvalue weighted by Gasteiger charge is 2.61. The van der Waals surface area contributed by atoms with Crippen molar-refractivity contribution in [1.82, 2.24) is 0 Å². The van der Waals surface area contributed by atoms with Crippen LogP contribution < -0.4 is 0 Å². The molecule has 0 heteroatoms. The summed E-state index contributed by atoms with van der Waals surface area (Å²) in [4.78, 5) is 0. The third-order valence-electron chi connectivity index (χ3n) is 12.7. The molecule has 0 spiro atoms. The van der Waals surface area contributed by atoms with Gasteiger partial charge in [-0.1, -0.05) is 84.3 Å². The number of hydrogen-bond acceptors (Lipinski definition) is 0. The molecular weight excluding hydrogens is 408 g/mol. The van der Waals surface area contributed by atoms with E-state index in [4.69, 9.17) is 0 Å². The van der Waals surface area contributed by atoms with Crippen LogP contribution in [0.15, 0.2) is 36.5 Å². The SMILES string of the molecule is C=CC(CC(C)C1CCC2C3C/C(=C\C)C4CCCCC4(C)C3CCC12C)C(=C)C(C)(C)CC. The predicted octanol–water partition coefficient (Wildman–Crippen LogP) is 10.4. The van der Waals surface area contributed by atoms with Crippen LogP contribution in [0, 0.1) is 57.7 Å². The van der Waals surface area contributed by atoms with E-state index in [1.165, 1.54) is 69.8 Å². The summed E-state index contributed by atoms with van der Waals surface area (Å²) in [6, 6.07) is 0. The topological polar surface area (TPSA) is 0 Å². The molecule has 0 aromatic rings. The van der Waals surface area contributed by atoms with Crippen LogP contribution in [0.2, 0.25) is 0 Å². The molecule has 4 aliphatic rings. The van der Waals surface area contributed by atoms with Crippen LogP contribution in [0.5, 0.6) is 0 Å². The Balaban J connectivity index is 1.54. The fraction of sp³-hybridized carbons (Fsp3) is 0.824. The quantitative estimate of drug-likeness (QED) is 0.329. The fourth-order valence-electron chi connectivity index (χ4n) is 10.2. The molecule has 4 saturated carbocycles. The van der Waals surface area contributed by atoms with Crippen molar-refractivity contribution < 1.29 is 0 Å². The molecule has 0 radical (unpaired) electrons. The van der Waals surface area contributed by atoms with Gasteiger partial charge in [-0.05, 0) is 122 Å². The van der Waals surface area contributed by atoms with Crippen molar-refractivity contribution in [1.29, 1.82) is 0 Å². The predicted molar refractivity (Wildman–Crippen MR) is 150 cm³/mol. The summed E-state index contributed by atoms with van der Waals surface area (Å²) in [5, 5.41) is 0. The summed E-state index contributed by atoms with van der Waals surface area (Å²) in [5.41, 5.74) is 4.56. The largest absolute Gasteiger partial charge is 0.102 e. The lowest BCUT2D eigenvalue weighted by Crippen LogP contribution is -2.53. The van der Waals surface area contributed by atoms with E-state index in [0.717, 1.165) is 41.9 Å². The Hall–Kier alpha value is -0.780. The number of hydrogen-bond donors (Lipinski definition) is 0. The van der Waals surface area contributed by atoms with Crippen LogP contribution >= 0.6 is 0 Å². The summed E-state index contributed by atoms with van der Waals surface area (Å²) in [7, 11) is 0. The van der Waals surface area contributed by atoms with Crippen molar-refractivity contribution in [3.05, 3.63) is 36.5 Å². The van der Waals surface area contributed by atoms with Crippen LogP contribution in [0.3, 0.4) is 0 Å². The van der Waals surface area contributed by atoms with Gasteiger partial charge in [0.05, 0.1) is 0 Å². The first-order valence-electron chi connectivity index (χ1n) is 15.0. The molecule has 0 saturated heterocycles. The molecule has 9 unspecified atom stereocenters. The Kier molecular flexibility index (Phi) is 7.42. The van der Waals surface area contributed by atoms with Crippen LogP contribution in [-0.2, 0) is 0 Å². The maximum Gasteiger partial charge on any atom is -0.00207 e. The second kappa shape index (κ2) is 9.59. The Morgan fingerprint density at radius 2 is 1.76 bits per heavy atom. The van der Waals surface area contributed by atoms with Gasteiger partial charge in [-0.25, -0.2) is 0 Å². The van der Waals surface area contributed by atoms with Gasteiger partial charge in [-0.15, -0.1) is 6.58 Å². The van der Waals surface area contributed by atoms with Crippen molar-refractivity contribution in [3.63, 3.8) is 0 Å². The van der Waals surface area contributed by atoms with Gasteiger partial charge in [0, 0.05) is 0 Å². The molecule has 0 nitrogen and oxygen atoms in total. The fourth-order valence-corrected chi connectivity index (χ4v) is 10.2. The second-order valence-corrected chi connectivity index (χ2v) is 14.3. The highest BCUT2D eigenvalue weighted by Crippen LogP contribution is 2.69. The van der Waals surface area contributed by atoms with Crippen LogP contribution in [0.25, 0.3) is 0 Å². The summed E-state index contributed by atoms with van der Waals surface area (Å²) in [6.07, 6.45) is 20.3. The maximum atomic E-state index is 4.59. The van der Waals surface area contributed by atoms with E-state index < -0.39 is 0 Å². The molecule has 9 atom stereocenters. The minimum atomic E-state index is 0.204. The molecule has 34 heavy (non-hydrogen) atoms. The van der Waals surface area contributed by atoms with Gasteiger partial charge in [0.15, 0.2) is 0 Å². The van der Waals surface area contributed by atoms with Gasteiger partial charge in [0.2, 0.25) is 0 Å². The maximum absolute atomic E-state index is 4.59. The molecule has 4 rings (SSSR count). The van der Waals surface area contributed by atoms with E-state index in [2.05, 4.69) is 73.8 Å². The van der Waals surface area contributed by atoms with E-state index >= 15 is 0 Å². The third-order valence-corrected chi connectivity index (χ3v) is 12.7. The van der Waals surface area contributed by atoms with Crippen LogP contribution in [0.4, 0.5) is 0 Å². The molecule has 0 aliphatic heterocycles. The molecular formula is C34H56. The minimum Gasteiger partial charge on any atom is -0.102 e. The average molecular weight is 465 g/mol. The molecule has 0 aromatic heterocycles. The smallest absolute Gasteiger partial charge is 0.00207 e. The zero-order valence-corrected chi connectivity index (χ0v) is 23.9. The standard InChI is InChI=1S/C34H56/c1-10-25(24(5)32(6,7)12-3)21-23(4)28-16-17-30-27-22-26(11-2)29-15-13-14-19-33(29,8)31(27)18-20-34(28,30)9/h10-11,23,25,27-31H,1,5,12-22H2,2-4,6-9H3/b26-11+. The number of rotatable bonds is 7. The van der Waals surface area contributed by atoms with E-state index in [1.54, 1.807) is 0 Å². The molecule has 0 heterocycles. The first kappa shape index (κ1) is 26.3. The van der Waals surface area contributed by atoms with Gasteiger partial charge >= 0.3 is 0 Å². The summed E-state index contributed by atoms with van der Waals surface area (Å²) < 4.78 is 0. The molecule has 4 fully saturated rings. The summed E-state index contributed by atoms with van der Waals surface area (Å²) in [5.74, 6) is 5.80. The minimum absolute atomic E-state index is 0.204. The molecule has 0 N–H and O–H groups in total. The first-order chi connectivity index (χ1) is 16.0. The Morgan fingerprint density at radius 1 is 1.06 bits per heavy atom. The normalized spacial score (nSPS) is 42.9. The highest BCUT2D eigenvalue weighted by atomic mass is 14.7. The number of fused-ring (bicyclic) bond motifs is 5. The Bertz CT molecular complexity index is 797. The van der Waals surface area contributed by atoms with Crippen LogP contribution in [-0.4, -0.2) is 0 Å². The highest BCUT2D eigenvalue weighted by molar-refractivity contribution is 5.22. The van der Waals surface area contributed by atoms with Crippen molar-refractivity contribution >= 4 is 0 Å². The van der Waals surface area contributed by atoms with Crippen molar-refractivity contribution in [2.45, 2.75) is 119 Å². The van der Waals surface area contributed by atoms with Crippen LogP contribution in [0.1, 0.15) is 119 Å². The van der Waals surface area contributed by atoms with Crippen molar-refractivity contribution in [3.8, 4) is 0 Å². The zero-order valence-electron chi connectivity index (χ0n) is 23.9. The molecule has 0 amide bonds. The van der Waals surface area contributed by atoms with E-state index in [-0.39, 0.29) is 5.41 Å². The lowest BCUT2D eigenvalue weighted by atomic mass is 9.43. The zero-order chi connectivity index (χ0) is 24.9. The average Bonchev–Trinajstić information content (AvgIpc) is 3.18. The molecule has 192 valence electrons. The Labute approximate surface area is 213 Å². The van der Waals surface area contributed by atoms with E-state index in [0.29, 0.717) is 16.7 Å². The summed E-state index contributed by atoms with van der Waals surface area (Å²) in [6.45, 7) is 26.2. The van der Waals surface area contributed by atoms with E-state index in [9.17, 15) is 0 Å². The summed E-state index contributed by atoms with van der Waals surface area (Å²) >= 11 is 0. The van der Waals surface area contributed by atoms with Gasteiger partial charge in [0.25, 0.3) is 0 Å². The van der Waals surface area contributed by atoms with Gasteiger partial charge in [-0.3, -0.25) is 0 Å². The molecule has 4 aliphatic carbocycles. The van der Waals surface area contributed by atoms with Crippen molar-refractivity contribution in [2.75, 3.05) is 0 Å². The van der Waals surface area contributed by atoms with Crippen molar-refractivity contribution in [2.24, 2.45) is 57.7 Å². The third kappa shape index (κ3) is 4.12. The van der Waals surface area contributed by atoms with Gasteiger partial charge in [-0.2, -0.15) is 0 Å². The van der Waals surface area contributed by atoms with E-state index in [1.807, 2.05) is 5.57 Å². The lowest BCUT2D eigenvalue weighted by molar-refractivity contribution is -0.0943. The number of allylic oxidation sites excluding steroid dienone is 4. The first-order valence-corrected chi connectivity index (χ1v) is 15.0. The van der Waals surface area contributed by atoms with Gasteiger partial charge < -0.3 is 0 Å². The lowest BCUT2D eigenvalue weighted by Gasteiger charge is -2.61. The molecule has 0 aromatic carbocycles. The van der Waals surface area contributed by atoms with Gasteiger partial charge in [0.1, 0.15) is 0 Å². The molecule has 0 bridgehead atoms. The second-order valence-electron chi connectivity index (χ2n) is 14.3. The monoisotopic (exact) mass is 464 g/mol.